The van der Waals surface area contributed by atoms with Crippen LogP contribution in [0.1, 0.15) is 40.6 Å². The predicted octanol–water partition coefficient (Wildman–Crippen LogP) is 2.92. The van der Waals surface area contributed by atoms with Crippen molar-refractivity contribution in [3.05, 3.63) is 29.5 Å². The third-order valence-corrected chi connectivity index (χ3v) is 3.32. The molecule has 1 aromatic carbocycles. The third-order valence-electron chi connectivity index (χ3n) is 3.32. The minimum Gasteiger partial charge on any atom is -0.494 e. The smallest absolute Gasteiger partial charge is 0.355 e. The molecule has 0 atom stereocenters. The number of aromatic nitrogens is 1. The van der Waals surface area contributed by atoms with Gasteiger partial charge in [0.05, 0.1) is 31.9 Å². The summed E-state index contributed by atoms with van der Waals surface area (Å²) in [6, 6.07) is 5.25. The van der Waals surface area contributed by atoms with Gasteiger partial charge in [-0.15, -0.1) is 0 Å². The molecule has 0 bridgehead atoms. The quantitative estimate of drug-likeness (QED) is 0.656. The van der Waals surface area contributed by atoms with Gasteiger partial charge in [0.25, 0.3) is 0 Å². The van der Waals surface area contributed by atoms with E-state index in [0.29, 0.717) is 23.3 Å². The van der Waals surface area contributed by atoms with Crippen molar-refractivity contribution in [3.8, 4) is 5.75 Å². The zero-order valence-electron chi connectivity index (χ0n) is 12.9. The van der Waals surface area contributed by atoms with E-state index in [9.17, 15) is 9.59 Å². The highest BCUT2D eigenvalue weighted by Crippen LogP contribution is 2.27. The van der Waals surface area contributed by atoms with Gasteiger partial charge in [0.15, 0.2) is 0 Å². The Kier molecular flexibility index (Phi) is 5.04. The topological polar surface area (TPSA) is 77.6 Å². The lowest BCUT2D eigenvalue weighted by molar-refractivity contribution is 0.0553. The van der Waals surface area contributed by atoms with E-state index in [1.165, 1.54) is 14.2 Å². The zero-order chi connectivity index (χ0) is 16.1. The van der Waals surface area contributed by atoms with Gasteiger partial charge in [-0.05, 0) is 18.6 Å². The Morgan fingerprint density at radius 3 is 2.50 bits per heavy atom. The average Bonchev–Trinajstić information content (AvgIpc) is 2.92. The molecule has 1 heterocycles. The lowest BCUT2D eigenvalue weighted by Crippen LogP contribution is -2.10. The summed E-state index contributed by atoms with van der Waals surface area (Å²) in [4.78, 5) is 26.7. The van der Waals surface area contributed by atoms with Crippen LogP contribution >= 0.6 is 0 Å². The number of fused-ring (bicyclic) bond motifs is 1. The summed E-state index contributed by atoms with van der Waals surface area (Å²) < 4.78 is 15.1. The molecule has 1 N–H and O–H groups in total. The average molecular weight is 305 g/mol. The number of unbranched alkanes of at least 4 members (excludes halogenated alkanes) is 1. The molecule has 2 aromatic rings. The van der Waals surface area contributed by atoms with E-state index < -0.39 is 11.9 Å². The van der Waals surface area contributed by atoms with Crippen LogP contribution in [0.15, 0.2) is 18.2 Å². The molecule has 2 rings (SSSR count). The van der Waals surface area contributed by atoms with Crippen LogP contribution in [0.2, 0.25) is 0 Å². The second-order valence-corrected chi connectivity index (χ2v) is 4.77. The molecule has 0 saturated carbocycles. The Bertz CT molecular complexity index is 689. The molecule has 0 radical (unpaired) electrons. The summed E-state index contributed by atoms with van der Waals surface area (Å²) in [5.41, 5.74) is 0.870. The molecule has 0 unspecified atom stereocenters. The highest BCUT2D eigenvalue weighted by Gasteiger charge is 2.24. The van der Waals surface area contributed by atoms with Crippen molar-refractivity contribution in [2.45, 2.75) is 19.8 Å². The second kappa shape index (κ2) is 6.98. The lowest BCUT2D eigenvalue weighted by atomic mass is 10.1. The first-order valence-corrected chi connectivity index (χ1v) is 7.07. The third kappa shape index (κ3) is 3.05. The monoisotopic (exact) mass is 305 g/mol. The molecular formula is C16H19NO5. The number of hydrogen-bond acceptors (Lipinski definition) is 5. The van der Waals surface area contributed by atoms with Gasteiger partial charge in [0.1, 0.15) is 11.4 Å². The highest BCUT2D eigenvalue weighted by atomic mass is 16.5. The SMILES string of the molecule is CCCCOc1ccc2c(C(=O)OC)c(C(=O)OC)[nH]c2c1. The number of hydrogen-bond donors (Lipinski definition) is 1. The molecule has 6 heteroatoms. The Hall–Kier alpha value is -2.50. The summed E-state index contributed by atoms with van der Waals surface area (Å²) >= 11 is 0. The van der Waals surface area contributed by atoms with Gasteiger partial charge < -0.3 is 19.2 Å². The minimum absolute atomic E-state index is 0.0788. The number of ether oxygens (including phenoxy) is 3. The normalized spacial score (nSPS) is 10.5. The molecule has 1 aromatic heterocycles. The minimum atomic E-state index is -0.620. The first kappa shape index (κ1) is 15.9. The predicted molar refractivity (Wildman–Crippen MR) is 81.4 cm³/mol. The van der Waals surface area contributed by atoms with Gasteiger partial charge in [0, 0.05) is 11.5 Å². The second-order valence-electron chi connectivity index (χ2n) is 4.77. The van der Waals surface area contributed by atoms with Gasteiger partial charge in [-0.25, -0.2) is 9.59 Å². The standard InChI is InChI=1S/C16H19NO5/c1-4-5-8-22-10-6-7-11-12(9-10)17-14(16(19)21-3)13(11)15(18)20-2/h6-7,9,17H,4-5,8H2,1-3H3. The summed E-state index contributed by atoms with van der Waals surface area (Å²) in [5.74, 6) is -0.536. The van der Waals surface area contributed by atoms with E-state index in [1.807, 2.05) is 0 Å². The van der Waals surface area contributed by atoms with Crippen LogP contribution in [-0.2, 0) is 9.47 Å². The van der Waals surface area contributed by atoms with Crippen molar-refractivity contribution in [1.82, 2.24) is 4.98 Å². The van der Waals surface area contributed by atoms with Crippen LogP contribution in [-0.4, -0.2) is 37.7 Å². The molecule has 118 valence electrons. The van der Waals surface area contributed by atoms with Crippen LogP contribution in [0.3, 0.4) is 0 Å². The van der Waals surface area contributed by atoms with Crippen LogP contribution in [0, 0.1) is 0 Å². The van der Waals surface area contributed by atoms with Crippen LogP contribution < -0.4 is 4.74 Å². The number of benzene rings is 1. The molecule has 0 aliphatic rings. The number of aromatic amines is 1. The maximum atomic E-state index is 11.9. The van der Waals surface area contributed by atoms with Gasteiger partial charge >= 0.3 is 11.9 Å². The number of esters is 2. The Morgan fingerprint density at radius 2 is 1.86 bits per heavy atom. The molecule has 0 aliphatic heterocycles. The van der Waals surface area contributed by atoms with Crippen molar-refractivity contribution in [1.29, 1.82) is 0 Å². The first-order chi connectivity index (χ1) is 10.6. The van der Waals surface area contributed by atoms with E-state index in [1.54, 1.807) is 18.2 Å². The summed E-state index contributed by atoms with van der Waals surface area (Å²) in [7, 11) is 2.53. The first-order valence-electron chi connectivity index (χ1n) is 7.07. The molecule has 0 spiro atoms. The van der Waals surface area contributed by atoms with Gasteiger partial charge in [-0.2, -0.15) is 0 Å². The lowest BCUT2D eigenvalue weighted by Gasteiger charge is -2.05. The number of carbonyl (C=O) groups is 2. The largest absolute Gasteiger partial charge is 0.494 e. The van der Waals surface area contributed by atoms with Crippen molar-refractivity contribution in [3.63, 3.8) is 0 Å². The van der Waals surface area contributed by atoms with Crippen LogP contribution in [0.25, 0.3) is 10.9 Å². The summed E-state index contributed by atoms with van der Waals surface area (Å²) in [6.07, 6.45) is 2.01. The van der Waals surface area contributed by atoms with E-state index in [2.05, 4.69) is 11.9 Å². The summed E-state index contributed by atoms with van der Waals surface area (Å²) in [6.45, 7) is 2.71. The Labute approximate surface area is 128 Å². The fraction of sp³-hybridized carbons (Fsp3) is 0.375. The summed E-state index contributed by atoms with van der Waals surface area (Å²) in [5, 5.41) is 0.593. The molecule has 0 fully saturated rings. The van der Waals surface area contributed by atoms with Crippen molar-refractivity contribution < 1.29 is 23.8 Å². The fourth-order valence-corrected chi connectivity index (χ4v) is 2.17. The molecule has 0 amide bonds. The Morgan fingerprint density at radius 1 is 1.14 bits per heavy atom. The van der Waals surface area contributed by atoms with E-state index in [-0.39, 0.29) is 11.3 Å². The Balaban J connectivity index is 2.46. The van der Waals surface area contributed by atoms with Gasteiger partial charge in [-0.3, -0.25) is 0 Å². The number of nitrogens with one attached hydrogen (secondary N) is 1. The number of methoxy groups -OCH3 is 2. The van der Waals surface area contributed by atoms with Crippen molar-refractivity contribution in [2.24, 2.45) is 0 Å². The van der Waals surface area contributed by atoms with Gasteiger partial charge in [0.2, 0.25) is 0 Å². The highest BCUT2D eigenvalue weighted by molar-refractivity contribution is 6.12. The maximum absolute atomic E-state index is 11.9. The number of carbonyl (C=O) groups excluding carboxylic acids is 2. The number of H-pyrrole nitrogens is 1. The van der Waals surface area contributed by atoms with Gasteiger partial charge in [-0.1, -0.05) is 13.3 Å². The van der Waals surface area contributed by atoms with Crippen LogP contribution in [0.4, 0.5) is 0 Å². The molecule has 22 heavy (non-hydrogen) atoms. The van der Waals surface area contributed by atoms with E-state index in [4.69, 9.17) is 14.2 Å². The fourth-order valence-electron chi connectivity index (χ4n) is 2.17. The zero-order valence-corrected chi connectivity index (χ0v) is 12.9. The van der Waals surface area contributed by atoms with E-state index >= 15 is 0 Å². The van der Waals surface area contributed by atoms with Crippen molar-refractivity contribution >= 4 is 22.8 Å². The van der Waals surface area contributed by atoms with Crippen molar-refractivity contribution in [2.75, 3.05) is 20.8 Å². The molecule has 6 nitrogen and oxygen atoms in total. The molecular weight excluding hydrogens is 286 g/mol. The molecule has 0 saturated heterocycles. The maximum Gasteiger partial charge on any atom is 0.355 e. The molecule has 0 aliphatic carbocycles. The van der Waals surface area contributed by atoms with E-state index in [0.717, 1.165) is 12.8 Å². The number of rotatable bonds is 6. The van der Waals surface area contributed by atoms with Crippen LogP contribution in [0.5, 0.6) is 5.75 Å².